The lowest BCUT2D eigenvalue weighted by molar-refractivity contribution is -0.384. The van der Waals surface area contributed by atoms with Crippen molar-refractivity contribution in [3.05, 3.63) is 63.6 Å². The number of hydrogen-bond acceptors (Lipinski definition) is 6. The van der Waals surface area contributed by atoms with Gasteiger partial charge in [-0.15, -0.1) is 0 Å². The summed E-state index contributed by atoms with van der Waals surface area (Å²) < 4.78 is 9.80. The number of carbonyl (C=O) groups excluding carboxylic acids is 1. The van der Waals surface area contributed by atoms with Crippen molar-refractivity contribution >= 4 is 11.7 Å². The molecule has 0 unspecified atom stereocenters. The number of non-ortho nitro benzene ring substituents is 1. The van der Waals surface area contributed by atoms with Crippen LogP contribution in [-0.4, -0.2) is 18.0 Å². The Bertz CT molecular complexity index is 633. The number of nitro benzene ring substituents is 1. The van der Waals surface area contributed by atoms with Crippen LogP contribution in [0.4, 0.5) is 5.69 Å². The van der Waals surface area contributed by atoms with Crippen LogP contribution in [0.5, 0.6) is 0 Å². The zero-order chi connectivity index (χ0) is 15.2. The molecule has 1 N–H and O–H groups in total. The van der Waals surface area contributed by atoms with Gasteiger partial charge in [0.15, 0.2) is 0 Å². The maximum Gasteiger partial charge on any atom is 0.341 e. The molecule has 0 bridgehead atoms. The molecule has 110 valence electrons. The Kier molecular flexibility index (Phi) is 4.68. The molecule has 0 saturated carbocycles. The molecule has 0 radical (unpaired) electrons. The average molecular weight is 290 g/mol. The minimum absolute atomic E-state index is 0.0625. The number of nitrogens with zero attached hydrogens (tertiary/aromatic N) is 1. The summed E-state index contributed by atoms with van der Waals surface area (Å²) in [6.07, 6.45) is 1.34. The Balaban J connectivity index is 1.85. The SMILES string of the molecule is COC(=O)c1coc(CNCc2ccc([N+](=O)[O-])cc2)c1. The van der Waals surface area contributed by atoms with Gasteiger partial charge in [-0.05, 0) is 11.6 Å². The molecule has 7 nitrogen and oxygen atoms in total. The van der Waals surface area contributed by atoms with Crippen LogP contribution in [0.3, 0.4) is 0 Å². The number of furan rings is 1. The van der Waals surface area contributed by atoms with Crippen LogP contribution in [0.2, 0.25) is 0 Å². The van der Waals surface area contributed by atoms with Gasteiger partial charge in [0.2, 0.25) is 0 Å². The molecule has 0 aliphatic carbocycles. The molecular formula is C14H14N2O5. The first-order valence-corrected chi connectivity index (χ1v) is 6.20. The summed E-state index contributed by atoms with van der Waals surface area (Å²) in [4.78, 5) is 21.3. The molecule has 1 aromatic heterocycles. The molecule has 1 aromatic carbocycles. The Labute approximate surface area is 120 Å². The summed E-state index contributed by atoms with van der Waals surface area (Å²) in [6.45, 7) is 0.972. The minimum atomic E-state index is -0.444. The molecule has 0 aliphatic rings. The topological polar surface area (TPSA) is 94.6 Å². The van der Waals surface area contributed by atoms with Gasteiger partial charge in [-0.3, -0.25) is 10.1 Å². The number of ether oxygens (including phenoxy) is 1. The van der Waals surface area contributed by atoms with E-state index >= 15 is 0 Å². The third kappa shape index (κ3) is 3.90. The van der Waals surface area contributed by atoms with Crippen LogP contribution in [0.25, 0.3) is 0 Å². The van der Waals surface area contributed by atoms with Gasteiger partial charge < -0.3 is 14.5 Å². The molecule has 0 aliphatic heterocycles. The molecule has 0 saturated heterocycles. The van der Waals surface area contributed by atoms with E-state index in [-0.39, 0.29) is 5.69 Å². The van der Waals surface area contributed by atoms with Crippen molar-refractivity contribution in [1.82, 2.24) is 5.32 Å². The maximum atomic E-state index is 11.3. The highest BCUT2D eigenvalue weighted by Crippen LogP contribution is 2.12. The van der Waals surface area contributed by atoms with Crippen molar-refractivity contribution in [3.63, 3.8) is 0 Å². The smallest absolute Gasteiger partial charge is 0.341 e. The van der Waals surface area contributed by atoms with Crippen LogP contribution in [-0.2, 0) is 17.8 Å². The molecule has 0 fully saturated rings. The summed E-state index contributed by atoms with van der Waals surface area (Å²) in [7, 11) is 1.31. The van der Waals surface area contributed by atoms with Crippen molar-refractivity contribution in [2.24, 2.45) is 0 Å². The molecule has 2 aromatic rings. The quantitative estimate of drug-likeness (QED) is 0.498. The minimum Gasteiger partial charge on any atom is -0.467 e. The van der Waals surface area contributed by atoms with Gasteiger partial charge in [-0.25, -0.2) is 4.79 Å². The van der Waals surface area contributed by atoms with Crippen molar-refractivity contribution in [2.75, 3.05) is 7.11 Å². The summed E-state index contributed by atoms with van der Waals surface area (Å²) in [5, 5.41) is 13.7. The average Bonchev–Trinajstić information content (AvgIpc) is 2.96. The number of rotatable bonds is 6. The number of esters is 1. The first-order chi connectivity index (χ1) is 10.1. The van der Waals surface area contributed by atoms with Gasteiger partial charge >= 0.3 is 5.97 Å². The van der Waals surface area contributed by atoms with E-state index in [0.29, 0.717) is 24.4 Å². The highest BCUT2D eigenvalue weighted by molar-refractivity contribution is 5.88. The summed E-state index contributed by atoms with van der Waals surface area (Å²) in [5.41, 5.74) is 1.34. The van der Waals surface area contributed by atoms with E-state index in [1.165, 1.54) is 25.5 Å². The Morgan fingerprint density at radius 1 is 1.33 bits per heavy atom. The lowest BCUT2D eigenvalue weighted by Crippen LogP contribution is -2.12. The lowest BCUT2D eigenvalue weighted by Gasteiger charge is -2.02. The van der Waals surface area contributed by atoms with Gasteiger partial charge in [-0.2, -0.15) is 0 Å². The van der Waals surface area contributed by atoms with Crippen molar-refractivity contribution in [1.29, 1.82) is 0 Å². The zero-order valence-electron chi connectivity index (χ0n) is 11.4. The van der Waals surface area contributed by atoms with E-state index in [2.05, 4.69) is 10.1 Å². The van der Waals surface area contributed by atoms with Crippen LogP contribution < -0.4 is 5.32 Å². The van der Waals surface area contributed by atoms with Gasteiger partial charge in [0.05, 0.1) is 24.1 Å². The number of benzene rings is 1. The second-order valence-corrected chi connectivity index (χ2v) is 4.32. The van der Waals surface area contributed by atoms with E-state index in [9.17, 15) is 14.9 Å². The molecule has 0 spiro atoms. The van der Waals surface area contributed by atoms with E-state index in [1.54, 1.807) is 18.2 Å². The van der Waals surface area contributed by atoms with Gasteiger partial charge in [0.1, 0.15) is 12.0 Å². The molecular weight excluding hydrogens is 276 g/mol. The lowest BCUT2D eigenvalue weighted by atomic mass is 10.2. The first kappa shape index (κ1) is 14.7. The second-order valence-electron chi connectivity index (χ2n) is 4.32. The van der Waals surface area contributed by atoms with Gasteiger partial charge in [0, 0.05) is 18.7 Å². The van der Waals surface area contributed by atoms with Gasteiger partial charge in [0.25, 0.3) is 5.69 Å². The van der Waals surface area contributed by atoms with Crippen molar-refractivity contribution in [2.45, 2.75) is 13.1 Å². The third-order valence-corrected chi connectivity index (χ3v) is 2.85. The second kappa shape index (κ2) is 6.67. The Hall–Kier alpha value is -2.67. The molecule has 0 amide bonds. The zero-order valence-corrected chi connectivity index (χ0v) is 11.4. The normalized spacial score (nSPS) is 10.3. The third-order valence-electron chi connectivity index (χ3n) is 2.85. The standard InChI is InChI=1S/C14H14N2O5/c1-20-14(17)11-6-13(21-9-11)8-15-7-10-2-4-12(5-3-10)16(18)19/h2-6,9,15H,7-8H2,1H3. The fraction of sp³-hybridized carbons (Fsp3) is 0.214. The van der Waals surface area contributed by atoms with Crippen LogP contribution >= 0.6 is 0 Å². The van der Waals surface area contributed by atoms with Crippen LogP contribution in [0.1, 0.15) is 21.7 Å². The summed E-state index contributed by atoms with van der Waals surface area (Å²) >= 11 is 0. The largest absolute Gasteiger partial charge is 0.467 e. The summed E-state index contributed by atoms with van der Waals surface area (Å²) in [5.74, 6) is 0.165. The highest BCUT2D eigenvalue weighted by Gasteiger charge is 2.10. The number of carbonyl (C=O) groups is 1. The number of nitrogens with one attached hydrogen (secondary N) is 1. The van der Waals surface area contributed by atoms with Gasteiger partial charge in [-0.1, -0.05) is 12.1 Å². The Morgan fingerprint density at radius 2 is 2.05 bits per heavy atom. The monoisotopic (exact) mass is 290 g/mol. The van der Waals surface area contributed by atoms with Crippen molar-refractivity contribution < 1.29 is 18.9 Å². The predicted molar refractivity (Wildman–Crippen MR) is 73.7 cm³/mol. The Morgan fingerprint density at radius 3 is 2.67 bits per heavy atom. The molecule has 7 heteroatoms. The van der Waals surface area contributed by atoms with E-state index in [4.69, 9.17) is 4.42 Å². The molecule has 1 heterocycles. The maximum absolute atomic E-state index is 11.3. The van der Waals surface area contributed by atoms with E-state index in [1.807, 2.05) is 0 Å². The number of nitro groups is 1. The molecule has 0 atom stereocenters. The molecule has 21 heavy (non-hydrogen) atoms. The predicted octanol–water partition coefficient (Wildman–Crippen LogP) is 2.26. The first-order valence-electron chi connectivity index (χ1n) is 6.20. The summed E-state index contributed by atoms with van der Waals surface area (Å²) in [6, 6.07) is 7.90. The fourth-order valence-electron chi connectivity index (χ4n) is 1.76. The van der Waals surface area contributed by atoms with Crippen LogP contribution in [0, 0.1) is 10.1 Å². The van der Waals surface area contributed by atoms with Crippen LogP contribution in [0.15, 0.2) is 41.0 Å². The number of hydrogen-bond donors (Lipinski definition) is 1. The highest BCUT2D eigenvalue weighted by atomic mass is 16.6. The van der Waals surface area contributed by atoms with E-state index in [0.717, 1.165) is 5.56 Å². The van der Waals surface area contributed by atoms with E-state index < -0.39 is 10.9 Å². The van der Waals surface area contributed by atoms with Crippen molar-refractivity contribution in [3.8, 4) is 0 Å². The fourth-order valence-corrected chi connectivity index (χ4v) is 1.76. The number of methoxy groups -OCH3 is 1. The molecule has 2 rings (SSSR count).